The summed E-state index contributed by atoms with van der Waals surface area (Å²) in [5, 5.41) is 4.02. The number of esters is 1. The molecule has 0 fully saturated rings. The summed E-state index contributed by atoms with van der Waals surface area (Å²) in [5.41, 5.74) is 1.49. The first-order chi connectivity index (χ1) is 16.4. The molecule has 1 amide bonds. The normalized spacial score (nSPS) is 16.5. The molecule has 4 rings (SSSR count). The number of anilines is 2. The average Bonchev–Trinajstić information content (AvgIpc) is 3.08. The zero-order valence-corrected chi connectivity index (χ0v) is 20.3. The van der Waals surface area contributed by atoms with Crippen LogP contribution in [0.1, 0.15) is 18.1 Å². The van der Waals surface area contributed by atoms with E-state index in [1.54, 1.807) is 49.3 Å². The predicted molar refractivity (Wildman–Crippen MR) is 134 cm³/mol. The van der Waals surface area contributed by atoms with Gasteiger partial charge in [-0.15, -0.1) is 0 Å². The minimum absolute atomic E-state index is 0.156. The Morgan fingerprint density at radius 2 is 1.79 bits per heavy atom. The molecule has 3 aromatic rings. The Labute approximate surface area is 208 Å². The van der Waals surface area contributed by atoms with Gasteiger partial charge in [-0.05, 0) is 48.9 Å². The van der Waals surface area contributed by atoms with E-state index in [1.165, 1.54) is 0 Å². The summed E-state index contributed by atoms with van der Waals surface area (Å²) in [5.74, 6) is -0.137. The Morgan fingerprint density at radius 3 is 2.53 bits per heavy atom. The lowest BCUT2D eigenvalue weighted by Crippen LogP contribution is -2.55. The van der Waals surface area contributed by atoms with Gasteiger partial charge < -0.3 is 19.7 Å². The van der Waals surface area contributed by atoms with Crippen molar-refractivity contribution in [3.8, 4) is 5.75 Å². The number of ether oxygens (including phenoxy) is 2. The van der Waals surface area contributed by atoms with Gasteiger partial charge >= 0.3 is 5.97 Å². The van der Waals surface area contributed by atoms with E-state index in [1.807, 2.05) is 36.4 Å². The Kier molecular flexibility index (Phi) is 7.00. The smallest absolute Gasteiger partial charge is 0.325 e. The van der Waals surface area contributed by atoms with E-state index in [4.69, 9.17) is 32.7 Å². The quantitative estimate of drug-likeness (QED) is 0.417. The van der Waals surface area contributed by atoms with Crippen molar-refractivity contribution in [2.45, 2.75) is 18.9 Å². The first kappa shape index (κ1) is 23.9. The molecule has 1 aliphatic rings. The number of fused-ring (bicyclic) bond motifs is 1. The van der Waals surface area contributed by atoms with Crippen molar-refractivity contribution in [3.63, 3.8) is 0 Å². The minimum atomic E-state index is -1.27. The van der Waals surface area contributed by atoms with Gasteiger partial charge in [-0.3, -0.25) is 9.59 Å². The lowest BCUT2D eigenvalue weighted by molar-refractivity contribution is -0.141. The predicted octanol–water partition coefficient (Wildman–Crippen LogP) is 5.46. The number of nitrogens with zero attached hydrogens (tertiary/aromatic N) is 1. The number of halogens is 2. The fourth-order valence-electron chi connectivity index (χ4n) is 4.37. The maximum absolute atomic E-state index is 13.9. The Hall–Kier alpha value is -3.22. The van der Waals surface area contributed by atoms with Crippen LogP contribution in [0.5, 0.6) is 5.75 Å². The molecule has 0 aliphatic carbocycles. The fourth-order valence-corrected chi connectivity index (χ4v) is 4.76. The highest BCUT2D eigenvalue weighted by Crippen LogP contribution is 2.46. The van der Waals surface area contributed by atoms with Gasteiger partial charge in [0.05, 0.1) is 13.7 Å². The highest BCUT2D eigenvalue weighted by Gasteiger charge is 2.52. The van der Waals surface area contributed by atoms with E-state index >= 15 is 0 Å². The molecule has 34 heavy (non-hydrogen) atoms. The van der Waals surface area contributed by atoms with Gasteiger partial charge in [0.15, 0.2) is 5.54 Å². The molecule has 0 bridgehead atoms. The Balaban J connectivity index is 1.95. The topological polar surface area (TPSA) is 67.9 Å². The molecular formula is C26H24Cl2N2O4. The molecule has 6 nitrogen and oxygen atoms in total. The molecule has 8 heteroatoms. The Bertz CT molecular complexity index is 1230. The molecule has 0 aromatic heterocycles. The van der Waals surface area contributed by atoms with Gasteiger partial charge in [-0.1, -0.05) is 47.5 Å². The second-order valence-corrected chi connectivity index (χ2v) is 8.78. The van der Waals surface area contributed by atoms with Crippen LogP contribution in [0.3, 0.4) is 0 Å². The zero-order valence-electron chi connectivity index (χ0n) is 18.8. The van der Waals surface area contributed by atoms with Crippen LogP contribution in [-0.2, 0) is 26.3 Å². The summed E-state index contributed by atoms with van der Waals surface area (Å²) < 4.78 is 10.7. The second-order valence-electron chi connectivity index (χ2n) is 7.90. The maximum atomic E-state index is 13.9. The van der Waals surface area contributed by atoms with Crippen LogP contribution in [0.25, 0.3) is 0 Å². The summed E-state index contributed by atoms with van der Waals surface area (Å²) in [7, 11) is 1.57. The molecule has 1 heterocycles. The SMILES string of the molecule is CCOC(=O)CN(c1cccc(OC)c1)C1(Cc2cccc(Cl)c2)C(=O)Nc2cc(Cl)ccc21. The largest absolute Gasteiger partial charge is 0.497 e. The van der Waals surface area contributed by atoms with Crippen molar-refractivity contribution in [2.75, 3.05) is 30.5 Å². The van der Waals surface area contributed by atoms with Crippen molar-refractivity contribution in [3.05, 3.63) is 87.9 Å². The van der Waals surface area contributed by atoms with Crippen molar-refractivity contribution in [1.29, 1.82) is 0 Å². The lowest BCUT2D eigenvalue weighted by Gasteiger charge is -2.41. The number of hydrogen-bond donors (Lipinski definition) is 1. The number of carbonyl (C=O) groups is 2. The third-order valence-corrected chi connectivity index (χ3v) is 6.29. The maximum Gasteiger partial charge on any atom is 0.325 e. The van der Waals surface area contributed by atoms with Crippen LogP contribution in [0.4, 0.5) is 11.4 Å². The molecule has 176 valence electrons. The van der Waals surface area contributed by atoms with Crippen LogP contribution < -0.4 is 15.0 Å². The first-order valence-electron chi connectivity index (χ1n) is 10.8. The van der Waals surface area contributed by atoms with E-state index in [0.29, 0.717) is 32.7 Å². The summed E-state index contributed by atoms with van der Waals surface area (Å²) >= 11 is 12.5. The molecule has 1 atom stereocenters. The third-order valence-electron chi connectivity index (χ3n) is 5.82. The van der Waals surface area contributed by atoms with Gasteiger partial charge in [0, 0.05) is 39.5 Å². The van der Waals surface area contributed by atoms with Crippen molar-refractivity contribution in [1.82, 2.24) is 0 Å². The summed E-state index contributed by atoms with van der Waals surface area (Å²) in [4.78, 5) is 28.4. The van der Waals surface area contributed by atoms with Gasteiger partial charge in [0.25, 0.3) is 5.91 Å². The van der Waals surface area contributed by atoms with Crippen LogP contribution >= 0.6 is 23.2 Å². The molecule has 0 saturated heterocycles. The fraction of sp³-hybridized carbons (Fsp3) is 0.231. The van der Waals surface area contributed by atoms with E-state index < -0.39 is 11.5 Å². The number of amides is 1. The highest BCUT2D eigenvalue weighted by atomic mass is 35.5. The second kappa shape index (κ2) is 9.95. The van der Waals surface area contributed by atoms with Crippen molar-refractivity contribution < 1.29 is 19.1 Å². The van der Waals surface area contributed by atoms with Gasteiger partial charge in [-0.25, -0.2) is 0 Å². The van der Waals surface area contributed by atoms with Gasteiger partial charge in [-0.2, -0.15) is 0 Å². The number of benzene rings is 3. The summed E-state index contributed by atoms with van der Waals surface area (Å²) in [6.07, 6.45) is 0.255. The van der Waals surface area contributed by atoms with E-state index in [9.17, 15) is 9.59 Å². The zero-order chi connectivity index (χ0) is 24.3. The minimum Gasteiger partial charge on any atom is -0.497 e. The molecule has 0 radical (unpaired) electrons. The average molecular weight is 499 g/mol. The lowest BCUT2D eigenvalue weighted by atomic mass is 9.82. The van der Waals surface area contributed by atoms with Crippen LogP contribution in [0.15, 0.2) is 66.7 Å². The number of nitrogens with one attached hydrogen (secondary N) is 1. The molecular weight excluding hydrogens is 475 g/mol. The Morgan fingerprint density at radius 1 is 1.03 bits per heavy atom. The monoisotopic (exact) mass is 498 g/mol. The van der Waals surface area contributed by atoms with E-state index in [-0.39, 0.29) is 25.5 Å². The van der Waals surface area contributed by atoms with E-state index in [2.05, 4.69) is 5.32 Å². The van der Waals surface area contributed by atoms with Crippen molar-refractivity contribution >= 4 is 46.5 Å². The third kappa shape index (κ3) is 4.56. The molecule has 0 spiro atoms. The van der Waals surface area contributed by atoms with E-state index in [0.717, 1.165) is 5.56 Å². The summed E-state index contributed by atoms with van der Waals surface area (Å²) in [6, 6.07) is 19.8. The van der Waals surface area contributed by atoms with Crippen LogP contribution in [-0.4, -0.2) is 32.1 Å². The number of methoxy groups -OCH3 is 1. The highest BCUT2D eigenvalue weighted by molar-refractivity contribution is 6.31. The van der Waals surface area contributed by atoms with Gasteiger partial charge in [0.1, 0.15) is 12.3 Å². The van der Waals surface area contributed by atoms with Crippen LogP contribution in [0.2, 0.25) is 10.0 Å². The molecule has 1 aliphatic heterocycles. The summed E-state index contributed by atoms with van der Waals surface area (Å²) in [6.45, 7) is 1.82. The van der Waals surface area contributed by atoms with Crippen LogP contribution in [0, 0.1) is 0 Å². The number of rotatable bonds is 8. The molecule has 1 N–H and O–H groups in total. The van der Waals surface area contributed by atoms with Gasteiger partial charge in [0.2, 0.25) is 0 Å². The standard InChI is InChI=1S/C26H24Cl2N2O4/c1-3-34-24(31)16-30(20-8-5-9-21(14-20)33-2)26(15-17-6-4-7-18(27)12-17)22-11-10-19(28)13-23(22)29-25(26)32/h4-14H,3,15-16H2,1-2H3,(H,29,32). The molecule has 1 unspecified atom stereocenters. The first-order valence-corrected chi connectivity index (χ1v) is 11.6. The molecule has 3 aromatic carbocycles. The van der Waals surface area contributed by atoms with Crippen molar-refractivity contribution in [2.24, 2.45) is 0 Å². The number of carbonyl (C=O) groups excluding carboxylic acids is 2. The molecule has 0 saturated carbocycles. The number of hydrogen-bond acceptors (Lipinski definition) is 5.